The van der Waals surface area contributed by atoms with Crippen LogP contribution in [0, 0.1) is 6.92 Å². The number of ether oxygens (including phenoxy) is 1. The van der Waals surface area contributed by atoms with Crippen LogP contribution in [-0.2, 0) is 19.7 Å². The van der Waals surface area contributed by atoms with Crippen molar-refractivity contribution >= 4 is 41.3 Å². The summed E-state index contributed by atoms with van der Waals surface area (Å²) in [7, 11) is 1.76. The molecule has 0 saturated heterocycles. The molecular weight excluding hydrogens is 483 g/mol. The van der Waals surface area contributed by atoms with E-state index in [4.69, 9.17) is 4.74 Å². The van der Waals surface area contributed by atoms with Crippen LogP contribution in [0.4, 0.5) is 0 Å². The molecule has 1 aromatic heterocycles. The molecule has 0 aliphatic carbocycles. The van der Waals surface area contributed by atoms with Gasteiger partial charge in [0.2, 0.25) is 0 Å². The van der Waals surface area contributed by atoms with Gasteiger partial charge in [0, 0.05) is 30.2 Å². The molecule has 2 N–H and O–H groups in total. The summed E-state index contributed by atoms with van der Waals surface area (Å²) in [5, 5.41) is 7.67. The third kappa shape index (κ3) is 6.79. The van der Waals surface area contributed by atoms with Crippen molar-refractivity contribution in [3.63, 3.8) is 0 Å². The molecule has 0 amide bonds. The standard InChI is InChI=1S/C21H24N4OS.HI/c1-16-12-23-20(27-16)14-25-21(22-2)24-13-18-10-6-7-11-19(18)26-15-17-8-4-3-5-9-17;/h3-12H,13-15H2,1-2H3,(H2,22,24,25);1H. The van der Waals surface area contributed by atoms with E-state index >= 15 is 0 Å². The predicted molar refractivity (Wildman–Crippen MR) is 127 cm³/mol. The van der Waals surface area contributed by atoms with E-state index in [1.54, 1.807) is 18.4 Å². The second-order valence-electron chi connectivity index (χ2n) is 6.03. The smallest absolute Gasteiger partial charge is 0.191 e. The third-order valence-electron chi connectivity index (χ3n) is 3.96. The minimum absolute atomic E-state index is 0. The number of rotatable bonds is 7. The number of hydrogen-bond donors (Lipinski definition) is 2. The van der Waals surface area contributed by atoms with Crippen LogP contribution in [0.15, 0.2) is 65.8 Å². The number of aromatic nitrogens is 1. The van der Waals surface area contributed by atoms with Crippen molar-refractivity contribution in [1.82, 2.24) is 15.6 Å². The molecule has 7 heteroatoms. The number of nitrogens with zero attached hydrogens (tertiary/aromatic N) is 2. The first-order valence-corrected chi connectivity index (χ1v) is 9.66. The fourth-order valence-electron chi connectivity index (χ4n) is 2.57. The normalized spacial score (nSPS) is 10.9. The zero-order valence-electron chi connectivity index (χ0n) is 16.0. The lowest BCUT2D eigenvalue weighted by Crippen LogP contribution is -2.36. The van der Waals surface area contributed by atoms with Gasteiger partial charge >= 0.3 is 0 Å². The molecule has 0 bridgehead atoms. The molecule has 0 aliphatic rings. The lowest BCUT2D eigenvalue weighted by Gasteiger charge is -2.14. The summed E-state index contributed by atoms with van der Waals surface area (Å²) in [5.74, 6) is 1.61. The second kappa shape index (κ2) is 11.7. The van der Waals surface area contributed by atoms with Gasteiger partial charge in [0.05, 0.1) is 6.54 Å². The minimum atomic E-state index is 0. The van der Waals surface area contributed by atoms with E-state index in [-0.39, 0.29) is 24.0 Å². The van der Waals surface area contributed by atoms with Crippen LogP contribution in [-0.4, -0.2) is 18.0 Å². The first-order valence-electron chi connectivity index (χ1n) is 8.85. The zero-order valence-corrected chi connectivity index (χ0v) is 19.2. The highest BCUT2D eigenvalue weighted by molar-refractivity contribution is 14.0. The molecule has 2 aromatic carbocycles. The minimum Gasteiger partial charge on any atom is -0.489 e. The van der Waals surface area contributed by atoms with Gasteiger partial charge in [-0.15, -0.1) is 35.3 Å². The van der Waals surface area contributed by atoms with Crippen molar-refractivity contribution in [2.75, 3.05) is 7.05 Å². The summed E-state index contributed by atoms with van der Waals surface area (Å²) in [6, 6.07) is 18.2. The average Bonchev–Trinajstić information content (AvgIpc) is 3.13. The van der Waals surface area contributed by atoms with E-state index in [1.165, 1.54) is 4.88 Å². The van der Waals surface area contributed by atoms with Gasteiger partial charge in [0.25, 0.3) is 0 Å². The van der Waals surface area contributed by atoms with Crippen molar-refractivity contribution in [2.24, 2.45) is 4.99 Å². The Kier molecular flexibility index (Phi) is 9.22. The lowest BCUT2D eigenvalue weighted by atomic mass is 10.2. The molecule has 3 rings (SSSR count). The van der Waals surface area contributed by atoms with E-state index in [0.29, 0.717) is 19.7 Å². The van der Waals surface area contributed by atoms with Crippen molar-refractivity contribution in [1.29, 1.82) is 0 Å². The van der Waals surface area contributed by atoms with Crippen molar-refractivity contribution < 1.29 is 4.74 Å². The van der Waals surface area contributed by atoms with Gasteiger partial charge in [-0.1, -0.05) is 48.5 Å². The van der Waals surface area contributed by atoms with Gasteiger partial charge in [-0.05, 0) is 18.6 Å². The number of guanidine groups is 1. The van der Waals surface area contributed by atoms with Gasteiger partial charge in [0.1, 0.15) is 17.4 Å². The molecule has 0 spiro atoms. The molecule has 5 nitrogen and oxygen atoms in total. The number of hydrogen-bond acceptors (Lipinski definition) is 4. The van der Waals surface area contributed by atoms with Gasteiger partial charge in [-0.3, -0.25) is 4.99 Å². The predicted octanol–water partition coefficient (Wildman–Crippen LogP) is 4.51. The Labute approximate surface area is 187 Å². The molecule has 0 unspecified atom stereocenters. The molecular formula is C21H25IN4OS. The molecule has 3 aromatic rings. The van der Waals surface area contributed by atoms with Crippen molar-refractivity contribution in [3.05, 3.63) is 81.8 Å². The van der Waals surface area contributed by atoms with E-state index < -0.39 is 0 Å². The first kappa shape index (κ1) is 22.2. The summed E-state index contributed by atoms with van der Waals surface area (Å²) >= 11 is 1.69. The molecule has 0 fully saturated rings. The molecule has 0 aliphatic heterocycles. The summed E-state index contributed by atoms with van der Waals surface area (Å²) in [4.78, 5) is 9.85. The largest absolute Gasteiger partial charge is 0.489 e. The Morgan fingerprint density at radius 3 is 2.46 bits per heavy atom. The molecule has 1 heterocycles. The van der Waals surface area contributed by atoms with Gasteiger partial charge in [-0.2, -0.15) is 0 Å². The number of para-hydroxylation sites is 1. The van der Waals surface area contributed by atoms with Crippen molar-refractivity contribution in [2.45, 2.75) is 26.6 Å². The Balaban J connectivity index is 0.00000280. The monoisotopic (exact) mass is 508 g/mol. The Bertz CT molecular complexity index is 883. The third-order valence-corrected chi connectivity index (χ3v) is 4.87. The zero-order chi connectivity index (χ0) is 18.9. The van der Waals surface area contributed by atoms with Gasteiger partial charge < -0.3 is 15.4 Å². The van der Waals surface area contributed by atoms with E-state index in [2.05, 4.69) is 45.7 Å². The number of benzene rings is 2. The van der Waals surface area contributed by atoms with Crippen LogP contribution in [0.25, 0.3) is 0 Å². The summed E-state index contributed by atoms with van der Waals surface area (Å²) in [5.41, 5.74) is 2.23. The number of thiazole rings is 1. The van der Waals surface area contributed by atoms with Crippen LogP contribution < -0.4 is 15.4 Å². The molecule has 0 radical (unpaired) electrons. The maximum absolute atomic E-state index is 6.01. The molecule has 0 atom stereocenters. The Hall–Kier alpha value is -2.13. The molecule has 28 heavy (non-hydrogen) atoms. The first-order chi connectivity index (χ1) is 13.2. The Morgan fingerprint density at radius 1 is 1.04 bits per heavy atom. The summed E-state index contributed by atoms with van der Waals surface area (Å²) in [6.07, 6.45) is 1.89. The van der Waals surface area contributed by atoms with E-state index in [9.17, 15) is 0 Å². The SMILES string of the molecule is CN=C(NCc1ncc(C)s1)NCc1ccccc1OCc1ccccc1.I. The fourth-order valence-corrected chi connectivity index (χ4v) is 3.29. The summed E-state index contributed by atoms with van der Waals surface area (Å²) < 4.78 is 6.01. The van der Waals surface area contributed by atoms with E-state index in [1.807, 2.05) is 42.6 Å². The van der Waals surface area contributed by atoms with Gasteiger partial charge in [0.15, 0.2) is 5.96 Å². The fraction of sp³-hybridized carbons (Fsp3) is 0.238. The number of aryl methyl sites for hydroxylation is 1. The quantitative estimate of drug-likeness (QED) is 0.280. The maximum Gasteiger partial charge on any atom is 0.191 e. The lowest BCUT2D eigenvalue weighted by molar-refractivity contribution is 0.302. The second-order valence-corrected chi connectivity index (χ2v) is 7.35. The average molecular weight is 508 g/mol. The number of aliphatic imine (C=N–C) groups is 1. The molecule has 0 saturated carbocycles. The highest BCUT2D eigenvalue weighted by Crippen LogP contribution is 2.19. The van der Waals surface area contributed by atoms with Crippen LogP contribution in [0.3, 0.4) is 0 Å². The van der Waals surface area contributed by atoms with Crippen LogP contribution in [0.5, 0.6) is 5.75 Å². The highest BCUT2D eigenvalue weighted by Gasteiger charge is 2.06. The summed E-state index contributed by atoms with van der Waals surface area (Å²) in [6.45, 7) is 3.89. The van der Waals surface area contributed by atoms with Crippen LogP contribution in [0.1, 0.15) is 21.0 Å². The van der Waals surface area contributed by atoms with Crippen LogP contribution in [0.2, 0.25) is 0 Å². The Morgan fingerprint density at radius 2 is 1.75 bits per heavy atom. The molecule has 148 valence electrons. The topological polar surface area (TPSA) is 58.5 Å². The number of halogens is 1. The van der Waals surface area contributed by atoms with Gasteiger partial charge in [-0.25, -0.2) is 4.98 Å². The maximum atomic E-state index is 6.01. The van der Waals surface area contributed by atoms with E-state index in [0.717, 1.165) is 27.8 Å². The highest BCUT2D eigenvalue weighted by atomic mass is 127. The number of nitrogens with one attached hydrogen (secondary N) is 2. The van der Waals surface area contributed by atoms with Crippen molar-refractivity contribution in [3.8, 4) is 5.75 Å². The van der Waals surface area contributed by atoms with Crippen LogP contribution >= 0.6 is 35.3 Å².